The Hall–Kier alpha value is -1.78. The van der Waals surface area contributed by atoms with E-state index in [1.54, 1.807) is 24.3 Å². The van der Waals surface area contributed by atoms with Gasteiger partial charge < -0.3 is 14.6 Å². The fraction of sp³-hybridized carbons (Fsp3) is 0.364. The van der Waals surface area contributed by atoms with E-state index in [2.05, 4.69) is 0 Å². The Labute approximate surface area is 92.6 Å². The van der Waals surface area contributed by atoms with E-state index in [9.17, 15) is 9.18 Å². The topological polar surface area (TPSA) is 55.8 Å². The number of hydrogen-bond donors (Lipinski definition) is 1. The second-order valence-corrected chi connectivity index (χ2v) is 3.44. The lowest BCUT2D eigenvalue weighted by atomic mass is 10.1. The number of aliphatic carboxylic acids is 1. The average Bonchev–Trinajstić information content (AvgIpc) is 2.26. The molecule has 0 saturated heterocycles. The fourth-order valence-electron chi connectivity index (χ4n) is 1.01. The molecule has 88 valence electrons. The highest BCUT2D eigenvalue weighted by Crippen LogP contribution is 2.27. The lowest BCUT2D eigenvalue weighted by Crippen LogP contribution is -2.36. The van der Waals surface area contributed by atoms with Crippen LogP contribution in [0.15, 0.2) is 24.3 Å². The molecule has 5 heteroatoms. The van der Waals surface area contributed by atoms with Gasteiger partial charge in [-0.05, 0) is 19.1 Å². The molecule has 16 heavy (non-hydrogen) atoms. The minimum atomic E-state index is -2.42. The maximum atomic E-state index is 13.4. The van der Waals surface area contributed by atoms with Crippen LogP contribution < -0.4 is 9.47 Å². The summed E-state index contributed by atoms with van der Waals surface area (Å²) < 4.78 is 23.4. The van der Waals surface area contributed by atoms with Gasteiger partial charge in [-0.2, -0.15) is 0 Å². The highest BCUT2D eigenvalue weighted by molar-refractivity contribution is 5.76. The van der Waals surface area contributed by atoms with Crippen LogP contribution in [0.3, 0.4) is 0 Å². The predicted octanol–water partition coefficient (Wildman–Crippen LogP) is 1.89. The summed E-state index contributed by atoms with van der Waals surface area (Å²) >= 11 is 0. The van der Waals surface area contributed by atoms with Gasteiger partial charge in [0, 0.05) is 0 Å². The molecule has 0 amide bonds. The van der Waals surface area contributed by atoms with E-state index in [4.69, 9.17) is 14.6 Å². The number of rotatable bonds is 5. The molecule has 1 aromatic carbocycles. The Morgan fingerprint density at radius 1 is 1.44 bits per heavy atom. The number of halogens is 1. The fourth-order valence-corrected chi connectivity index (χ4v) is 1.01. The largest absolute Gasteiger partial charge is 0.493 e. The van der Waals surface area contributed by atoms with Crippen molar-refractivity contribution in [2.45, 2.75) is 12.6 Å². The van der Waals surface area contributed by atoms with Gasteiger partial charge in [0.1, 0.15) is 6.61 Å². The van der Waals surface area contributed by atoms with E-state index < -0.39 is 18.2 Å². The molecule has 1 atom stereocenters. The van der Waals surface area contributed by atoms with E-state index in [1.165, 1.54) is 7.11 Å². The van der Waals surface area contributed by atoms with E-state index in [0.29, 0.717) is 11.5 Å². The molecule has 1 rings (SSSR count). The van der Waals surface area contributed by atoms with Crippen molar-refractivity contribution in [2.24, 2.45) is 0 Å². The van der Waals surface area contributed by atoms with Gasteiger partial charge in [-0.15, -0.1) is 0 Å². The number of carboxylic acid groups (broad SMARTS) is 1. The van der Waals surface area contributed by atoms with Crippen LogP contribution >= 0.6 is 0 Å². The quantitative estimate of drug-likeness (QED) is 0.836. The molecule has 1 unspecified atom stereocenters. The van der Waals surface area contributed by atoms with Crippen molar-refractivity contribution in [1.29, 1.82) is 0 Å². The lowest BCUT2D eigenvalue weighted by Gasteiger charge is -2.17. The number of ether oxygens (including phenoxy) is 2. The molecule has 0 aliphatic rings. The minimum absolute atomic E-state index is 0.315. The SMILES string of the molecule is COc1ccccc1OCC(C)(F)C(=O)O. The first-order valence-electron chi connectivity index (χ1n) is 4.65. The number of alkyl halides is 1. The highest BCUT2D eigenvalue weighted by atomic mass is 19.1. The van der Waals surface area contributed by atoms with Gasteiger partial charge in [-0.25, -0.2) is 9.18 Å². The number of para-hydroxylation sites is 2. The van der Waals surface area contributed by atoms with E-state index >= 15 is 0 Å². The standard InChI is InChI=1S/C11H13FO4/c1-11(12,10(13)14)7-16-9-6-4-3-5-8(9)15-2/h3-6H,7H2,1-2H3,(H,13,14). The van der Waals surface area contributed by atoms with Crippen molar-refractivity contribution in [3.8, 4) is 11.5 Å². The maximum Gasteiger partial charge on any atom is 0.344 e. The van der Waals surface area contributed by atoms with Crippen molar-refractivity contribution in [1.82, 2.24) is 0 Å². The Bertz CT molecular complexity index is 376. The van der Waals surface area contributed by atoms with Crippen molar-refractivity contribution in [2.75, 3.05) is 13.7 Å². The Morgan fingerprint density at radius 3 is 2.50 bits per heavy atom. The van der Waals surface area contributed by atoms with Gasteiger partial charge >= 0.3 is 5.97 Å². The predicted molar refractivity (Wildman–Crippen MR) is 55.6 cm³/mol. The van der Waals surface area contributed by atoms with E-state index in [-0.39, 0.29) is 0 Å². The zero-order valence-electron chi connectivity index (χ0n) is 9.07. The first-order valence-corrected chi connectivity index (χ1v) is 4.65. The summed E-state index contributed by atoms with van der Waals surface area (Å²) in [6.45, 7) is 0.382. The number of hydrogen-bond acceptors (Lipinski definition) is 3. The zero-order chi connectivity index (χ0) is 12.2. The smallest absolute Gasteiger partial charge is 0.344 e. The first kappa shape index (κ1) is 12.3. The third kappa shape index (κ3) is 2.85. The van der Waals surface area contributed by atoms with Crippen LogP contribution in [0.2, 0.25) is 0 Å². The zero-order valence-corrected chi connectivity index (χ0v) is 9.07. The average molecular weight is 228 g/mol. The van der Waals surface area contributed by atoms with E-state index in [0.717, 1.165) is 6.92 Å². The number of benzene rings is 1. The molecule has 0 bridgehead atoms. The van der Waals surface area contributed by atoms with Crippen molar-refractivity contribution < 1.29 is 23.8 Å². The summed E-state index contributed by atoms with van der Waals surface area (Å²) in [4.78, 5) is 10.5. The molecular weight excluding hydrogens is 215 g/mol. The first-order chi connectivity index (χ1) is 7.47. The summed E-state index contributed by atoms with van der Waals surface area (Å²) in [7, 11) is 1.45. The van der Waals surface area contributed by atoms with Crippen LogP contribution in [-0.4, -0.2) is 30.5 Å². The molecule has 0 aromatic heterocycles. The van der Waals surface area contributed by atoms with Gasteiger partial charge in [0.05, 0.1) is 7.11 Å². The maximum absolute atomic E-state index is 13.4. The van der Waals surface area contributed by atoms with Crippen molar-refractivity contribution >= 4 is 5.97 Å². The summed E-state index contributed by atoms with van der Waals surface area (Å²) in [6.07, 6.45) is 0. The van der Waals surface area contributed by atoms with Crippen LogP contribution in [-0.2, 0) is 4.79 Å². The molecule has 1 aromatic rings. The minimum Gasteiger partial charge on any atom is -0.493 e. The molecule has 0 aliphatic heterocycles. The van der Waals surface area contributed by atoms with Crippen LogP contribution in [0, 0.1) is 0 Å². The molecular formula is C11H13FO4. The Balaban J connectivity index is 2.71. The molecule has 4 nitrogen and oxygen atoms in total. The summed E-state index contributed by atoms with van der Waals surface area (Å²) in [5.41, 5.74) is -2.42. The highest BCUT2D eigenvalue weighted by Gasteiger charge is 2.34. The molecule has 0 radical (unpaired) electrons. The van der Waals surface area contributed by atoms with Crippen LogP contribution in [0.5, 0.6) is 11.5 Å². The normalized spacial score (nSPS) is 13.9. The number of carboxylic acids is 1. The number of carbonyl (C=O) groups is 1. The van der Waals surface area contributed by atoms with Gasteiger partial charge in [-0.3, -0.25) is 0 Å². The van der Waals surface area contributed by atoms with Crippen LogP contribution in [0.1, 0.15) is 6.92 Å². The Morgan fingerprint density at radius 2 is 2.00 bits per heavy atom. The molecule has 0 spiro atoms. The second-order valence-electron chi connectivity index (χ2n) is 3.44. The number of methoxy groups -OCH3 is 1. The lowest BCUT2D eigenvalue weighted by molar-refractivity contribution is -0.151. The van der Waals surface area contributed by atoms with Gasteiger partial charge in [0.2, 0.25) is 5.67 Å². The van der Waals surface area contributed by atoms with Gasteiger partial charge in [0.15, 0.2) is 11.5 Å². The summed E-state index contributed by atoms with van der Waals surface area (Å²) in [5.74, 6) is -0.804. The van der Waals surface area contributed by atoms with Crippen molar-refractivity contribution in [3.63, 3.8) is 0 Å². The molecule has 0 saturated carbocycles. The third-order valence-electron chi connectivity index (χ3n) is 2.01. The molecule has 1 N–H and O–H groups in total. The van der Waals surface area contributed by atoms with Crippen LogP contribution in [0.4, 0.5) is 4.39 Å². The summed E-state index contributed by atoms with van der Waals surface area (Å²) in [5, 5.41) is 8.56. The molecule has 0 heterocycles. The summed E-state index contributed by atoms with van der Waals surface area (Å²) in [6, 6.07) is 6.65. The van der Waals surface area contributed by atoms with Gasteiger partial charge in [-0.1, -0.05) is 12.1 Å². The Kier molecular flexibility index (Phi) is 3.71. The van der Waals surface area contributed by atoms with Crippen LogP contribution in [0.25, 0.3) is 0 Å². The monoisotopic (exact) mass is 228 g/mol. The second kappa shape index (κ2) is 4.83. The molecule has 0 aliphatic carbocycles. The molecule has 0 fully saturated rings. The van der Waals surface area contributed by atoms with Gasteiger partial charge in [0.25, 0.3) is 0 Å². The van der Waals surface area contributed by atoms with Crippen molar-refractivity contribution in [3.05, 3.63) is 24.3 Å². The van der Waals surface area contributed by atoms with E-state index in [1.807, 2.05) is 0 Å². The third-order valence-corrected chi connectivity index (χ3v) is 2.01.